The minimum atomic E-state index is -1.23. The first-order valence-corrected chi connectivity index (χ1v) is 4.90. The van der Waals surface area contributed by atoms with Crippen molar-refractivity contribution in [2.75, 3.05) is 6.54 Å². The number of carboxylic acid groups (broad SMARTS) is 1. The van der Waals surface area contributed by atoms with Gasteiger partial charge in [-0.15, -0.1) is 0 Å². The molecule has 0 spiro atoms. The highest BCUT2D eigenvalue weighted by Crippen LogP contribution is 2.32. The van der Waals surface area contributed by atoms with Crippen molar-refractivity contribution in [1.29, 1.82) is 0 Å². The van der Waals surface area contributed by atoms with E-state index in [2.05, 4.69) is 5.32 Å². The van der Waals surface area contributed by atoms with Gasteiger partial charge in [-0.05, 0) is 25.5 Å². The van der Waals surface area contributed by atoms with Crippen molar-refractivity contribution in [3.8, 4) is 0 Å². The van der Waals surface area contributed by atoms with E-state index in [1.807, 2.05) is 0 Å². The molecule has 1 heterocycles. The van der Waals surface area contributed by atoms with Crippen LogP contribution in [0.3, 0.4) is 0 Å². The molecule has 15 heavy (non-hydrogen) atoms. The molecule has 0 radical (unpaired) electrons. The lowest BCUT2D eigenvalue weighted by Crippen LogP contribution is -2.45. The van der Waals surface area contributed by atoms with Crippen molar-refractivity contribution in [2.24, 2.45) is 0 Å². The zero-order valence-corrected chi connectivity index (χ0v) is 8.16. The second kappa shape index (κ2) is 3.62. The fourth-order valence-corrected chi connectivity index (χ4v) is 2.08. The van der Waals surface area contributed by atoms with E-state index in [1.165, 1.54) is 12.1 Å². The van der Waals surface area contributed by atoms with Crippen molar-refractivity contribution in [1.82, 2.24) is 5.32 Å². The Labute approximate surface area is 86.9 Å². The van der Waals surface area contributed by atoms with Crippen molar-refractivity contribution in [2.45, 2.75) is 18.4 Å². The van der Waals surface area contributed by atoms with Gasteiger partial charge in [0.2, 0.25) is 0 Å². The van der Waals surface area contributed by atoms with Crippen LogP contribution >= 0.6 is 0 Å². The number of hydrogen-bond acceptors (Lipinski definition) is 2. The molecule has 1 aromatic carbocycles. The van der Waals surface area contributed by atoms with Crippen LogP contribution in [0.4, 0.5) is 4.39 Å². The van der Waals surface area contributed by atoms with Crippen molar-refractivity contribution in [3.05, 3.63) is 35.6 Å². The van der Waals surface area contributed by atoms with Gasteiger partial charge in [0, 0.05) is 5.56 Å². The largest absolute Gasteiger partial charge is 0.480 e. The van der Waals surface area contributed by atoms with Crippen LogP contribution in [-0.2, 0) is 10.3 Å². The van der Waals surface area contributed by atoms with Gasteiger partial charge in [0.15, 0.2) is 0 Å². The van der Waals surface area contributed by atoms with Gasteiger partial charge in [0.05, 0.1) is 0 Å². The molecule has 2 N–H and O–H groups in total. The van der Waals surface area contributed by atoms with E-state index in [-0.39, 0.29) is 5.56 Å². The SMILES string of the molecule is O=C(O)C1(c2ccccc2F)CCCN1. The molecule has 4 heteroatoms. The van der Waals surface area contributed by atoms with Crippen LogP contribution in [0.2, 0.25) is 0 Å². The predicted octanol–water partition coefficient (Wildman–Crippen LogP) is 1.49. The number of carboxylic acids is 1. The number of aliphatic carboxylic acids is 1. The maximum absolute atomic E-state index is 13.5. The Bertz CT molecular complexity index is 386. The van der Waals surface area contributed by atoms with Gasteiger partial charge < -0.3 is 5.11 Å². The van der Waals surface area contributed by atoms with E-state index in [4.69, 9.17) is 0 Å². The molecule has 1 unspecified atom stereocenters. The van der Waals surface area contributed by atoms with Crippen LogP contribution in [0.1, 0.15) is 18.4 Å². The second-order valence-electron chi connectivity index (χ2n) is 3.72. The number of halogens is 1. The average molecular weight is 209 g/mol. The van der Waals surface area contributed by atoms with Crippen LogP contribution in [0.25, 0.3) is 0 Å². The van der Waals surface area contributed by atoms with E-state index >= 15 is 0 Å². The highest BCUT2D eigenvalue weighted by Gasteiger charge is 2.44. The van der Waals surface area contributed by atoms with Gasteiger partial charge in [-0.1, -0.05) is 18.2 Å². The van der Waals surface area contributed by atoms with E-state index < -0.39 is 17.3 Å². The number of hydrogen-bond donors (Lipinski definition) is 2. The molecule has 0 bridgehead atoms. The van der Waals surface area contributed by atoms with Gasteiger partial charge in [0.1, 0.15) is 11.4 Å². The molecular weight excluding hydrogens is 197 g/mol. The monoisotopic (exact) mass is 209 g/mol. The van der Waals surface area contributed by atoms with Gasteiger partial charge in [-0.3, -0.25) is 5.32 Å². The second-order valence-corrected chi connectivity index (χ2v) is 3.72. The van der Waals surface area contributed by atoms with Crippen molar-refractivity contribution in [3.63, 3.8) is 0 Å². The van der Waals surface area contributed by atoms with Gasteiger partial charge >= 0.3 is 5.97 Å². The summed E-state index contributed by atoms with van der Waals surface area (Å²) < 4.78 is 13.5. The molecule has 1 atom stereocenters. The predicted molar refractivity (Wildman–Crippen MR) is 53.0 cm³/mol. The van der Waals surface area contributed by atoms with Crippen LogP contribution in [0, 0.1) is 5.82 Å². The van der Waals surface area contributed by atoms with Crippen LogP contribution in [-0.4, -0.2) is 17.6 Å². The molecule has 1 fully saturated rings. The first kappa shape index (κ1) is 10.1. The van der Waals surface area contributed by atoms with E-state index in [9.17, 15) is 14.3 Å². The molecule has 0 amide bonds. The normalized spacial score (nSPS) is 25.4. The quantitative estimate of drug-likeness (QED) is 0.775. The van der Waals surface area contributed by atoms with Gasteiger partial charge in [-0.2, -0.15) is 0 Å². The van der Waals surface area contributed by atoms with E-state index in [1.54, 1.807) is 12.1 Å². The first-order valence-electron chi connectivity index (χ1n) is 4.90. The first-order chi connectivity index (χ1) is 7.17. The standard InChI is InChI=1S/C11H12FNO2/c12-9-5-2-1-4-8(9)11(10(14)15)6-3-7-13-11/h1-2,4-5,13H,3,6-7H2,(H,14,15). The highest BCUT2D eigenvalue weighted by atomic mass is 19.1. The maximum atomic E-state index is 13.5. The van der Waals surface area contributed by atoms with E-state index in [0.29, 0.717) is 13.0 Å². The van der Waals surface area contributed by atoms with Gasteiger partial charge in [0.25, 0.3) is 0 Å². The third kappa shape index (κ3) is 1.51. The van der Waals surface area contributed by atoms with Gasteiger partial charge in [-0.25, -0.2) is 9.18 Å². The third-order valence-corrected chi connectivity index (χ3v) is 2.85. The summed E-state index contributed by atoms with van der Waals surface area (Å²) >= 11 is 0. The van der Waals surface area contributed by atoms with Crippen LogP contribution < -0.4 is 5.32 Å². The van der Waals surface area contributed by atoms with Crippen molar-refractivity contribution < 1.29 is 14.3 Å². The van der Waals surface area contributed by atoms with E-state index in [0.717, 1.165) is 6.42 Å². The minimum Gasteiger partial charge on any atom is -0.480 e. The smallest absolute Gasteiger partial charge is 0.328 e. The Kier molecular flexibility index (Phi) is 2.44. The summed E-state index contributed by atoms with van der Waals surface area (Å²) in [7, 11) is 0. The molecule has 0 aliphatic carbocycles. The zero-order valence-electron chi connectivity index (χ0n) is 8.16. The Morgan fingerprint density at radius 1 is 1.47 bits per heavy atom. The number of rotatable bonds is 2. The Morgan fingerprint density at radius 2 is 2.20 bits per heavy atom. The topological polar surface area (TPSA) is 49.3 Å². The fraction of sp³-hybridized carbons (Fsp3) is 0.364. The molecule has 1 aliphatic heterocycles. The zero-order chi connectivity index (χ0) is 10.9. The minimum absolute atomic E-state index is 0.231. The summed E-state index contributed by atoms with van der Waals surface area (Å²) in [5.41, 5.74) is -0.999. The summed E-state index contributed by atoms with van der Waals surface area (Å²) in [5.74, 6) is -1.47. The Hall–Kier alpha value is -1.42. The lowest BCUT2D eigenvalue weighted by molar-refractivity contribution is -0.144. The Morgan fingerprint density at radius 3 is 2.73 bits per heavy atom. The highest BCUT2D eigenvalue weighted by molar-refractivity contribution is 5.81. The summed E-state index contributed by atoms with van der Waals surface area (Å²) in [6.45, 7) is 0.612. The molecule has 1 aliphatic rings. The molecular formula is C11H12FNO2. The molecule has 1 aromatic rings. The molecule has 0 saturated carbocycles. The molecule has 3 nitrogen and oxygen atoms in total. The number of nitrogens with one attached hydrogen (secondary N) is 1. The molecule has 2 rings (SSSR count). The lowest BCUT2D eigenvalue weighted by atomic mass is 9.88. The maximum Gasteiger partial charge on any atom is 0.328 e. The molecule has 0 aromatic heterocycles. The summed E-state index contributed by atoms with van der Waals surface area (Å²) in [6, 6.07) is 6.04. The Balaban J connectivity index is 2.50. The average Bonchev–Trinajstić information content (AvgIpc) is 2.68. The van der Waals surface area contributed by atoms with Crippen molar-refractivity contribution >= 4 is 5.97 Å². The summed E-state index contributed by atoms with van der Waals surface area (Å²) in [4.78, 5) is 11.2. The lowest BCUT2D eigenvalue weighted by Gasteiger charge is -2.25. The number of carbonyl (C=O) groups is 1. The number of benzene rings is 1. The van der Waals surface area contributed by atoms with Crippen LogP contribution in [0.5, 0.6) is 0 Å². The molecule has 80 valence electrons. The van der Waals surface area contributed by atoms with Crippen LogP contribution in [0.15, 0.2) is 24.3 Å². The summed E-state index contributed by atoms with van der Waals surface area (Å²) in [6.07, 6.45) is 1.18. The fourth-order valence-electron chi connectivity index (χ4n) is 2.08. The third-order valence-electron chi connectivity index (χ3n) is 2.85. The summed E-state index contributed by atoms with van der Waals surface area (Å²) in [5, 5.41) is 12.1. The molecule has 1 saturated heterocycles.